The van der Waals surface area contributed by atoms with Crippen LogP contribution in [0.2, 0.25) is 0 Å². The molecule has 27 nitrogen and oxygen atoms in total. The van der Waals surface area contributed by atoms with Gasteiger partial charge in [-0.15, -0.1) is 0 Å². The Kier molecular flexibility index (Phi) is 24.5. The number of carbonyl (C=O) groups is 4. The summed E-state index contributed by atoms with van der Waals surface area (Å²) in [5.74, 6) is 1.19. The summed E-state index contributed by atoms with van der Waals surface area (Å²) in [5.41, 5.74) is 21.5. The number of nitrogens with two attached hydrogens (primary N) is 1. The first-order chi connectivity index (χ1) is 53.8. The zero-order valence-electron chi connectivity index (χ0n) is 62.7. The van der Waals surface area contributed by atoms with Gasteiger partial charge >= 0.3 is 0 Å². The van der Waals surface area contributed by atoms with Gasteiger partial charge in [-0.3, -0.25) is 39.0 Å². The fourth-order valence-electron chi connectivity index (χ4n) is 12.3. The van der Waals surface area contributed by atoms with E-state index in [1.54, 1.807) is 36.8 Å². The number of amides is 4. The summed E-state index contributed by atoms with van der Waals surface area (Å²) < 4.78 is 11.7. The molecule has 9 N–H and O–H groups in total. The van der Waals surface area contributed by atoms with Gasteiger partial charge in [0.2, 0.25) is 11.8 Å². The molecule has 564 valence electrons. The Labute approximate surface area is 639 Å². The van der Waals surface area contributed by atoms with E-state index >= 15 is 0 Å². The van der Waals surface area contributed by atoms with Crippen LogP contribution in [0, 0.1) is 34.6 Å². The van der Waals surface area contributed by atoms with Gasteiger partial charge in [0.1, 0.15) is 33.9 Å². The number of aryl methyl sites for hydroxylation is 5. The molecule has 27 heteroatoms. The van der Waals surface area contributed by atoms with Crippen LogP contribution in [0.5, 0.6) is 11.5 Å². The van der Waals surface area contributed by atoms with E-state index in [9.17, 15) is 28.8 Å². The zero-order valence-corrected chi connectivity index (χ0v) is 62.7. The number of rotatable bonds is 21. The van der Waals surface area contributed by atoms with Gasteiger partial charge in [-0.05, 0) is 114 Å². The fourth-order valence-corrected chi connectivity index (χ4v) is 12.3. The molecule has 0 bridgehead atoms. The molecular formula is C84H86N20O7. The fraction of sp³-hybridized carbons (Fsp3) is 0.190. The predicted octanol–water partition coefficient (Wildman–Crippen LogP) is 11.3. The number of anilines is 6. The summed E-state index contributed by atoms with van der Waals surface area (Å²) in [5, 5.41) is 29.2. The number of nitrogens with zero attached hydrogens (tertiary/aromatic N) is 12. The maximum atomic E-state index is 12.9. The lowest BCUT2D eigenvalue weighted by Crippen LogP contribution is -2.31. The number of likely N-dealkylation sites (N-methyl/N-ethyl adjacent to an activating group) is 1. The van der Waals surface area contributed by atoms with Crippen molar-refractivity contribution < 1.29 is 23.9 Å². The van der Waals surface area contributed by atoms with Crippen LogP contribution in [-0.4, -0.2) is 134 Å². The first-order valence-corrected chi connectivity index (χ1v) is 36.1. The number of benzene rings is 6. The molecule has 9 heterocycles. The van der Waals surface area contributed by atoms with Crippen molar-refractivity contribution in [1.29, 1.82) is 0 Å². The summed E-state index contributed by atoms with van der Waals surface area (Å²) in [6.07, 6.45) is 14.9. The van der Waals surface area contributed by atoms with E-state index < -0.39 is 0 Å². The van der Waals surface area contributed by atoms with E-state index in [1.807, 2.05) is 148 Å². The number of H-pyrrole nitrogens is 2. The molecule has 0 radical (unpaired) electrons. The number of para-hydroxylation sites is 2. The van der Waals surface area contributed by atoms with Crippen molar-refractivity contribution >= 4 is 80.6 Å². The van der Waals surface area contributed by atoms with Crippen LogP contribution in [0.3, 0.4) is 0 Å². The number of hydrogen-bond donors (Lipinski definition) is 8. The van der Waals surface area contributed by atoms with Gasteiger partial charge in [0, 0.05) is 92.2 Å². The third kappa shape index (κ3) is 18.7. The molecule has 0 saturated heterocycles. The highest BCUT2D eigenvalue weighted by molar-refractivity contribution is 6.03. The summed E-state index contributed by atoms with van der Waals surface area (Å²) in [4.78, 5) is 96.8. The molecule has 4 amide bonds. The first-order valence-electron chi connectivity index (χ1n) is 36.1. The highest BCUT2D eigenvalue weighted by Crippen LogP contribution is 2.35. The largest absolute Gasteiger partial charge is 0.452 e. The van der Waals surface area contributed by atoms with Crippen LogP contribution < -0.4 is 53.1 Å². The minimum absolute atomic E-state index is 0.162. The number of nitrogen functional groups attached to an aromatic ring is 1. The third-order valence-corrected chi connectivity index (χ3v) is 18.2. The molecule has 14 aromatic rings. The lowest BCUT2D eigenvalue weighted by Gasteiger charge is -2.31. The molecule has 0 aliphatic carbocycles. The van der Waals surface area contributed by atoms with Gasteiger partial charge in [0.15, 0.2) is 40.0 Å². The second kappa shape index (κ2) is 35.5. The van der Waals surface area contributed by atoms with Crippen LogP contribution in [0.4, 0.5) is 34.4 Å². The van der Waals surface area contributed by atoms with E-state index in [4.69, 9.17) is 10.5 Å². The first kappa shape index (κ1) is 76.6. The second-order valence-electron chi connectivity index (χ2n) is 26.6. The Hall–Kier alpha value is -14.1. The van der Waals surface area contributed by atoms with Crippen LogP contribution in [0.25, 0.3) is 22.6 Å². The molecule has 0 spiro atoms. The van der Waals surface area contributed by atoms with Gasteiger partial charge < -0.3 is 46.9 Å². The number of aromatic amines is 2. The second-order valence-corrected chi connectivity index (χ2v) is 26.6. The number of nitrogens with one attached hydrogen (secondary N) is 7. The average Bonchev–Trinajstić information content (AvgIpc) is 1.70. The molecular weight excluding hydrogens is 1400 g/mol. The Balaban J connectivity index is 0.000000138. The van der Waals surface area contributed by atoms with Crippen LogP contribution >= 0.6 is 0 Å². The highest BCUT2D eigenvalue weighted by atomic mass is 16.5. The van der Waals surface area contributed by atoms with Crippen molar-refractivity contribution in [2.24, 2.45) is 0 Å². The molecule has 0 fully saturated rings. The van der Waals surface area contributed by atoms with Crippen LogP contribution in [0.15, 0.2) is 235 Å². The van der Waals surface area contributed by atoms with Crippen molar-refractivity contribution in [2.75, 3.05) is 73.4 Å². The summed E-state index contributed by atoms with van der Waals surface area (Å²) >= 11 is 0. The van der Waals surface area contributed by atoms with Crippen molar-refractivity contribution in [2.45, 2.75) is 60.3 Å². The predicted molar refractivity (Wildman–Crippen MR) is 433 cm³/mol. The Morgan fingerprint density at radius 1 is 0.568 bits per heavy atom. The van der Waals surface area contributed by atoms with Crippen molar-refractivity contribution in [3.8, 4) is 11.5 Å². The Morgan fingerprint density at radius 2 is 1.05 bits per heavy atom. The monoisotopic (exact) mass is 1490 g/mol. The van der Waals surface area contributed by atoms with E-state index in [1.165, 1.54) is 54.3 Å². The maximum absolute atomic E-state index is 12.9. The topological polar surface area (TPSA) is 331 Å². The Morgan fingerprint density at radius 3 is 1.56 bits per heavy atom. The summed E-state index contributed by atoms with van der Waals surface area (Å²) in [6, 6.07) is 55.7. The SMILES string of the molecule is C=CC(=O)Nc1c[nH]n2c(=O)c(Cc3ccccc3)c(C)nc12.Cc1ccc(CCNC(=O)c2cnn3c(N)c(Oc4ccccc4)c(C)nc23)cc1.Cc1ccc(CCNC(=O)c2cnn3c4c(cnc23)N(c2ccccc2)CCN4)cc1.Cc1nc2c(NC(=O)/C=C/CN(C)C)c[nH]n2c(=O)c1Cc1ccccc1. The van der Waals surface area contributed by atoms with Gasteiger partial charge in [-0.1, -0.05) is 169 Å². The minimum atomic E-state index is -0.355. The van der Waals surface area contributed by atoms with Crippen molar-refractivity contribution in [3.63, 3.8) is 0 Å². The van der Waals surface area contributed by atoms with Gasteiger partial charge in [-0.2, -0.15) is 28.3 Å². The van der Waals surface area contributed by atoms with Gasteiger partial charge in [0.05, 0.1) is 24.3 Å². The average molecular weight is 1490 g/mol. The molecule has 15 rings (SSSR count). The van der Waals surface area contributed by atoms with Gasteiger partial charge in [-0.25, -0.2) is 19.9 Å². The number of carbonyl (C=O) groups excluding carboxylic acids is 4. The van der Waals surface area contributed by atoms with Crippen LogP contribution in [-0.2, 0) is 35.3 Å². The van der Waals surface area contributed by atoms with Crippen molar-refractivity contribution in [1.82, 2.24) is 73.9 Å². The molecule has 0 saturated carbocycles. The smallest absolute Gasteiger partial charge is 0.276 e. The van der Waals surface area contributed by atoms with Gasteiger partial charge in [0.25, 0.3) is 22.9 Å². The normalized spacial score (nSPS) is 11.6. The highest BCUT2D eigenvalue weighted by Gasteiger charge is 2.26. The van der Waals surface area contributed by atoms with E-state index in [0.717, 1.165) is 60.3 Å². The number of aromatic nitrogens is 12. The number of fused-ring (bicyclic) bond motifs is 6. The van der Waals surface area contributed by atoms with Crippen LogP contribution in [0.1, 0.15) is 82.3 Å². The van der Waals surface area contributed by atoms with E-state index in [-0.39, 0.29) is 34.7 Å². The molecule has 111 heavy (non-hydrogen) atoms. The standard InChI is InChI=1S/C24H24N6O.C23H23N5O2.C20H23N5O2.C17H16N4O2/c1-17-7-9-18(10-8-17)11-12-26-24(31)20-15-28-30-22(20)27-16-21-23(30)25-13-14-29(21)19-5-3-2-4-6-19;1-15-8-10-17(11-9-15)12-13-25-23(29)19-14-26-28-21(24)20(16(2)27-22(19)28)30-18-6-4-3-5-7-18;1-14-16(12-15-8-5-4-6-9-15)20(27)25-19(22-14)17(13-21-25)23-18(26)10-7-11-24(2)3;1-3-15(22)20-14-10-18-21-16(14)19-11(2)13(17(21)23)9-12-7-5-4-6-8-12/h2-10,15-16,25H,11-14H2,1H3,(H,26,31);3-11,14H,12-13,24H2,1-2H3,(H,25,29);4-10,13,21H,11-12H2,1-3H3,(H,23,26);3-8,10,18H,1,9H2,2H3,(H,20,22)/b;;10-7+;. The molecule has 0 atom stereocenters. The third-order valence-electron chi connectivity index (χ3n) is 18.2. The molecule has 8 aromatic heterocycles. The lowest BCUT2D eigenvalue weighted by atomic mass is 10.1. The quantitative estimate of drug-likeness (QED) is 0.0310. The molecule has 0 unspecified atom stereocenters. The molecule has 1 aliphatic rings. The Bertz CT molecular complexity index is 5790. The lowest BCUT2D eigenvalue weighted by molar-refractivity contribution is -0.112. The van der Waals surface area contributed by atoms with E-state index in [0.29, 0.717) is 123 Å². The number of ether oxygens (including phenoxy) is 1. The summed E-state index contributed by atoms with van der Waals surface area (Å²) in [6.45, 7) is 16.3. The van der Waals surface area contributed by atoms with Crippen molar-refractivity contribution in [3.05, 3.63) is 319 Å². The van der Waals surface area contributed by atoms with E-state index in [2.05, 4.69) is 146 Å². The zero-order chi connectivity index (χ0) is 78.1. The molecule has 1 aliphatic heterocycles. The maximum Gasteiger partial charge on any atom is 0.276 e. The summed E-state index contributed by atoms with van der Waals surface area (Å²) in [7, 11) is 3.85. The molecule has 6 aromatic carbocycles. The number of hydrogen-bond acceptors (Lipinski definition) is 17. The minimum Gasteiger partial charge on any atom is -0.452 e.